The van der Waals surface area contributed by atoms with E-state index in [0.29, 0.717) is 22.3 Å². The Hall–Kier alpha value is -4.04. The Morgan fingerprint density at radius 1 is 0.968 bits per heavy atom. The smallest absolute Gasteiger partial charge is 0.265 e. The van der Waals surface area contributed by atoms with E-state index in [0.717, 1.165) is 21.5 Å². The SMILES string of the molecule is Cc1nc(Nc2ccc(NC(=O)c3cc4ccccc4s3)cc2)cc(-n2cccn2)n1. The summed E-state index contributed by atoms with van der Waals surface area (Å²) < 4.78 is 2.79. The monoisotopic (exact) mass is 426 g/mol. The third-order valence-electron chi connectivity index (χ3n) is 4.63. The lowest BCUT2D eigenvalue weighted by Crippen LogP contribution is -2.10. The molecular formula is C23H18N6OS. The summed E-state index contributed by atoms with van der Waals surface area (Å²) in [5.74, 6) is 1.88. The number of anilines is 3. The second kappa shape index (κ2) is 8.00. The van der Waals surface area contributed by atoms with Crippen molar-refractivity contribution >= 4 is 44.5 Å². The van der Waals surface area contributed by atoms with Crippen LogP contribution in [-0.2, 0) is 0 Å². The summed E-state index contributed by atoms with van der Waals surface area (Å²) in [7, 11) is 0. The van der Waals surface area contributed by atoms with Crippen molar-refractivity contribution in [3.8, 4) is 5.82 Å². The van der Waals surface area contributed by atoms with Crippen molar-refractivity contribution in [3.05, 3.63) is 89.8 Å². The molecule has 0 spiro atoms. The molecule has 0 saturated carbocycles. The molecule has 5 aromatic rings. The number of hydrogen-bond acceptors (Lipinski definition) is 6. The Balaban J connectivity index is 1.29. The number of fused-ring (bicyclic) bond motifs is 1. The molecule has 0 saturated heterocycles. The van der Waals surface area contributed by atoms with E-state index in [4.69, 9.17) is 0 Å². The van der Waals surface area contributed by atoms with Crippen molar-refractivity contribution in [2.45, 2.75) is 6.92 Å². The molecule has 0 aliphatic rings. The molecule has 152 valence electrons. The van der Waals surface area contributed by atoms with Crippen molar-refractivity contribution in [1.29, 1.82) is 0 Å². The van der Waals surface area contributed by atoms with Gasteiger partial charge in [-0.2, -0.15) is 5.10 Å². The molecule has 0 radical (unpaired) electrons. The van der Waals surface area contributed by atoms with Gasteiger partial charge in [0.05, 0.1) is 4.88 Å². The highest BCUT2D eigenvalue weighted by Crippen LogP contribution is 2.26. The van der Waals surface area contributed by atoms with E-state index < -0.39 is 0 Å². The molecule has 3 heterocycles. The topological polar surface area (TPSA) is 84.7 Å². The number of rotatable bonds is 5. The number of hydrogen-bond donors (Lipinski definition) is 2. The maximum atomic E-state index is 12.6. The van der Waals surface area contributed by atoms with Crippen molar-refractivity contribution in [3.63, 3.8) is 0 Å². The molecule has 0 aliphatic heterocycles. The highest BCUT2D eigenvalue weighted by molar-refractivity contribution is 7.20. The normalized spacial score (nSPS) is 10.9. The molecule has 0 unspecified atom stereocenters. The van der Waals surface area contributed by atoms with E-state index in [1.807, 2.05) is 79.9 Å². The Kier molecular flexibility index (Phi) is 4.89. The van der Waals surface area contributed by atoms with Crippen LogP contribution in [0.15, 0.2) is 79.1 Å². The summed E-state index contributed by atoms with van der Waals surface area (Å²) in [6, 6.07) is 21.1. The zero-order valence-electron chi connectivity index (χ0n) is 16.6. The predicted molar refractivity (Wildman–Crippen MR) is 123 cm³/mol. The highest BCUT2D eigenvalue weighted by Gasteiger charge is 2.11. The van der Waals surface area contributed by atoms with Gasteiger partial charge in [-0.3, -0.25) is 4.79 Å². The quantitative estimate of drug-likeness (QED) is 0.404. The summed E-state index contributed by atoms with van der Waals surface area (Å²) >= 11 is 1.49. The molecule has 2 aromatic carbocycles. The Bertz CT molecular complexity index is 1330. The number of amides is 1. The van der Waals surface area contributed by atoms with Gasteiger partial charge in [0, 0.05) is 34.5 Å². The van der Waals surface area contributed by atoms with Crippen LogP contribution in [0.5, 0.6) is 0 Å². The van der Waals surface area contributed by atoms with Crippen molar-refractivity contribution < 1.29 is 4.79 Å². The molecular weight excluding hydrogens is 408 g/mol. The van der Waals surface area contributed by atoms with Gasteiger partial charge in [0.15, 0.2) is 5.82 Å². The van der Waals surface area contributed by atoms with E-state index in [2.05, 4.69) is 25.7 Å². The van der Waals surface area contributed by atoms with Crippen LogP contribution in [0.2, 0.25) is 0 Å². The van der Waals surface area contributed by atoms with Gasteiger partial charge in [0.1, 0.15) is 11.6 Å². The van der Waals surface area contributed by atoms with Gasteiger partial charge in [-0.05, 0) is 54.8 Å². The summed E-state index contributed by atoms with van der Waals surface area (Å²) in [6.07, 6.45) is 3.54. The highest BCUT2D eigenvalue weighted by atomic mass is 32.1. The lowest BCUT2D eigenvalue weighted by Gasteiger charge is -2.10. The van der Waals surface area contributed by atoms with Crippen LogP contribution in [0.3, 0.4) is 0 Å². The number of benzene rings is 2. The number of nitrogens with one attached hydrogen (secondary N) is 2. The molecule has 3 aromatic heterocycles. The second-order valence-corrected chi connectivity index (χ2v) is 8.00. The van der Waals surface area contributed by atoms with Gasteiger partial charge in [-0.25, -0.2) is 14.6 Å². The Morgan fingerprint density at radius 3 is 2.55 bits per heavy atom. The fourth-order valence-corrected chi connectivity index (χ4v) is 4.17. The van der Waals surface area contributed by atoms with Crippen LogP contribution in [0, 0.1) is 6.92 Å². The third-order valence-corrected chi connectivity index (χ3v) is 5.74. The minimum atomic E-state index is -0.114. The van der Waals surface area contributed by atoms with Gasteiger partial charge in [-0.15, -0.1) is 11.3 Å². The van der Waals surface area contributed by atoms with Gasteiger partial charge in [-0.1, -0.05) is 18.2 Å². The zero-order valence-corrected chi connectivity index (χ0v) is 17.4. The molecule has 1 amide bonds. The number of carbonyl (C=O) groups is 1. The van der Waals surface area contributed by atoms with Crippen LogP contribution in [-0.4, -0.2) is 25.7 Å². The van der Waals surface area contributed by atoms with E-state index in [9.17, 15) is 4.79 Å². The number of thiophene rings is 1. The third kappa shape index (κ3) is 4.15. The van der Waals surface area contributed by atoms with Crippen LogP contribution in [0.4, 0.5) is 17.2 Å². The van der Waals surface area contributed by atoms with Crippen molar-refractivity contribution in [2.75, 3.05) is 10.6 Å². The molecule has 0 aliphatic carbocycles. The minimum Gasteiger partial charge on any atom is -0.340 e. The van der Waals surface area contributed by atoms with Crippen LogP contribution in [0.25, 0.3) is 15.9 Å². The van der Waals surface area contributed by atoms with Crippen molar-refractivity contribution in [1.82, 2.24) is 19.7 Å². The van der Waals surface area contributed by atoms with Gasteiger partial charge >= 0.3 is 0 Å². The molecule has 0 atom stereocenters. The standard InChI is InChI=1S/C23H18N6OS/c1-15-25-21(14-22(26-15)29-12-4-11-24-29)27-17-7-9-18(10-8-17)28-23(30)20-13-16-5-2-3-6-19(16)31-20/h2-14H,1H3,(H,28,30)(H,25,26,27). The number of aromatic nitrogens is 4. The molecule has 2 N–H and O–H groups in total. The van der Waals surface area contributed by atoms with Crippen LogP contribution < -0.4 is 10.6 Å². The predicted octanol–water partition coefficient (Wildman–Crippen LogP) is 5.18. The van der Waals surface area contributed by atoms with Gasteiger partial charge in [0.25, 0.3) is 5.91 Å². The number of carbonyl (C=O) groups excluding carboxylic acids is 1. The first-order valence-electron chi connectivity index (χ1n) is 9.67. The van der Waals surface area contributed by atoms with E-state index in [1.54, 1.807) is 10.9 Å². The van der Waals surface area contributed by atoms with E-state index in [-0.39, 0.29) is 5.91 Å². The summed E-state index contributed by atoms with van der Waals surface area (Å²) in [5.41, 5.74) is 1.58. The van der Waals surface area contributed by atoms with Crippen LogP contribution >= 0.6 is 11.3 Å². The lowest BCUT2D eigenvalue weighted by atomic mass is 10.2. The lowest BCUT2D eigenvalue weighted by molar-refractivity contribution is 0.103. The van der Waals surface area contributed by atoms with Gasteiger partial charge in [0.2, 0.25) is 0 Å². The number of aryl methyl sites for hydroxylation is 1. The second-order valence-electron chi connectivity index (χ2n) is 6.91. The minimum absolute atomic E-state index is 0.114. The average Bonchev–Trinajstić information content (AvgIpc) is 3.45. The molecule has 8 heteroatoms. The summed E-state index contributed by atoms with van der Waals surface area (Å²) in [4.78, 5) is 22.1. The first kappa shape index (κ1) is 19.0. The molecule has 0 fully saturated rings. The van der Waals surface area contributed by atoms with E-state index >= 15 is 0 Å². The maximum Gasteiger partial charge on any atom is 0.265 e. The van der Waals surface area contributed by atoms with Crippen molar-refractivity contribution in [2.24, 2.45) is 0 Å². The largest absolute Gasteiger partial charge is 0.340 e. The van der Waals surface area contributed by atoms with Gasteiger partial charge < -0.3 is 10.6 Å². The molecule has 0 bridgehead atoms. The molecule has 5 rings (SSSR count). The van der Waals surface area contributed by atoms with E-state index in [1.165, 1.54) is 11.3 Å². The average molecular weight is 427 g/mol. The fourth-order valence-electron chi connectivity index (χ4n) is 3.21. The Morgan fingerprint density at radius 2 is 1.77 bits per heavy atom. The summed E-state index contributed by atoms with van der Waals surface area (Å²) in [5, 5.41) is 11.5. The Labute approximate surface area is 182 Å². The summed E-state index contributed by atoms with van der Waals surface area (Å²) in [6.45, 7) is 1.84. The number of nitrogens with zero attached hydrogens (tertiary/aromatic N) is 4. The zero-order chi connectivity index (χ0) is 21.2. The molecule has 7 nitrogen and oxygen atoms in total. The first-order valence-corrected chi connectivity index (χ1v) is 10.5. The first-order chi connectivity index (χ1) is 15.1. The maximum absolute atomic E-state index is 12.6. The van der Waals surface area contributed by atoms with Crippen LogP contribution in [0.1, 0.15) is 15.5 Å². The fraction of sp³-hybridized carbons (Fsp3) is 0.0435. The molecule has 31 heavy (non-hydrogen) atoms.